The van der Waals surface area contributed by atoms with Crippen molar-refractivity contribution in [3.8, 4) is 11.5 Å². The molecular formula is C24H32N4O4. The zero-order valence-corrected chi connectivity index (χ0v) is 19.2. The number of aryl methyl sites for hydroxylation is 1. The smallest absolute Gasteiger partial charge is 0.325 e. The van der Waals surface area contributed by atoms with Crippen molar-refractivity contribution in [3.05, 3.63) is 53.1 Å². The molecule has 0 aromatic heterocycles. The first kappa shape index (κ1) is 23.6. The van der Waals surface area contributed by atoms with Crippen molar-refractivity contribution in [1.29, 1.82) is 0 Å². The van der Waals surface area contributed by atoms with Crippen molar-refractivity contribution < 1.29 is 19.1 Å². The third kappa shape index (κ3) is 6.21. The van der Waals surface area contributed by atoms with Crippen LogP contribution in [-0.4, -0.2) is 68.7 Å². The molecule has 1 aliphatic rings. The second-order valence-corrected chi connectivity index (χ2v) is 7.99. The second kappa shape index (κ2) is 11.0. The van der Waals surface area contributed by atoms with Crippen LogP contribution < -0.4 is 20.1 Å². The van der Waals surface area contributed by atoms with Crippen LogP contribution in [0.25, 0.3) is 0 Å². The average molecular weight is 441 g/mol. The molecule has 3 amide bonds. The van der Waals surface area contributed by atoms with Crippen LogP contribution in [0.15, 0.2) is 36.4 Å². The van der Waals surface area contributed by atoms with Crippen LogP contribution in [0, 0.1) is 13.8 Å². The van der Waals surface area contributed by atoms with E-state index < -0.39 is 6.03 Å². The van der Waals surface area contributed by atoms with Gasteiger partial charge in [-0.25, -0.2) is 4.79 Å². The van der Waals surface area contributed by atoms with E-state index in [0.717, 1.165) is 55.2 Å². The third-order valence-corrected chi connectivity index (χ3v) is 5.79. The molecule has 8 heteroatoms. The van der Waals surface area contributed by atoms with E-state index in [0.29, 0.717) is 11.4 Å². The number of nitrogens with one attached hydrogen (secondary N) is 2. The first-order valence-corrected chi connectivity index (χ1v) is 10.7. The predicted molar refractivity (Wildman–Crippen MR) is 124 cm³/mol. The van der Waals surface area contributed by atoms with Crippen molar-refractivity contribution in [2.75, 3.05) is 52.3 Å². The van der Waals surface area contributed by atoms with Gasteiger partial charge < -0.3 is 14.8 Å². The number of hydrogen-bond donors (Lipinski definition) is 2. The van der Waals surface area contributed by atoms with E-state index in [9.17, 15) is 9.59 Å². The fourth-order valence-corrected chi connectivity index (χ4v) is 3.75. The maximum absolute atomic E-state index is 12.3. The highest BCUT2D eigenvalue weighted by molar-refractivity contribution is 6.02. The Bertz CT molecular complexity index is 955. The number of nitrogens with zero attached hydrogens (tertiary/aromatic N) is 2. The Hall–Kier alpha value is -3.10. The summed E-state index contributed by atoms with van der Waals surface area (Å²) < 4.78 is 10.7. The number of ether oxygens (including phenoxy) is 2. The number of piperazine rings is 1. The summed E-state index contributed by atoms with van der Waals surface area (Å²) in [5.74, 6) is 1.13. The maximum Gasteiger partial charge on any atom is 0.325 e. The number of benzene rings is 2. The Labute approximate surface area is 189 Å². The fourth-order valence-electron chi connectivity index (χ4n) is 3.75. The summed E-state index contributed by atoms with van der Waals surface area (Å²) >= 11 is 0. The standard InChI is InChI=1S/C24H32N4O4/c1-17-6-5-7-20(18(17)2)25-24(30)26-23(29)16-28-12-10-27(11-13-28)15-19-8-9-21(31-3)22(14-19)32-4/h5-9,14H,10-13,15-16H2,1-4H3,(H2,25,26,29,30). The molecule has 0 saturated carbocycles. The normalized spacial score (nSPS) is 14.6. The van der Waals surface area contributed by atoms with Gasteiger partial charge in [0.25, 0.3) is 0 Å². The van der Waals surface area contributed by atoms with E-state index in [2.05, 4.69) is 20.4 Å². The summed E-state index contributed by atoms with van der Waals surface area (Å²) in [7, 11) is 3.26. The molecule has 1 aliphatic heterocycles. The number of carbonyl (C=O) groups is 2. The molecule has 0 unspecified atom stereocenters. The van der Waals surface area contributed by atoms with Crippen LogP contribution in [0.3, 0.4) is 0 Å². The predicted octanol–water partition coefficient (Wildman–Crippen LogP) is 2.79. The van der Waals surface area contributed by atoms with Crippen LogP contribution in [0.1, 0.15) is 16.7 Å². The van der Waals surface area contributed by atoms with E-state index in [4.69, 9.17) is 9.47 Å². The van der Waals surface area contributed by atoms with Crippen LogP contribution in [0.2, 0.25) is 0 Å². The van der Waals surface area contributed by atoms with Gasteiger partial charge in [0.15, 0.2) is 11.5 Å². The van der Waals surface area contributed by atoms with Gasteiger partial charge in [-0.2, -0.15) is 0 Å². The molecule has 0 bridgehead atoms. The topological polar surface area (TPSA) is 83.1 Å². The van der Waals surface area contributed by atoms with Gasteiger partial charge in [0.05, 0.1) is 20.8 Å². The van der Waals surface area contributed by atoms with E-state index >= 15 is 0 Å². The largest absolute Gasteiger partial charge is 0.493 e. The number of rotatable bonds is 7. The van der Waals surface area contributed by atoms with Crippen molar-refractivity contribution in [3.63, 3.8) is 0 Å². The maximum atomic E-state index is 12.3. The van der Waals surface area contributed by atoms with Crippen LogP contribution >= 0.6 is 0 Å². The number of anilines is 1. The van der Waals surface area contributed by atoms with E-state index in [1.165, 1.54) is 0 Å². The van der Waals surface area contributed by atoms with Gasteiger partial charge in [-0.15, -0.1) is 0 Å². The summed E-state index contributed by atoms with van der Waals surface area (Å²) in [4.78, 5) is 28.9. The molecule has 8 nitrogen and oxygen atoms in total. The Morgan fingerprint density at radius 3 is 2.31 bits per heavy atom. The van der Waals surface area contributed by atoms with Gasteiger partial charge in [0.2, 0.25) is 5.91 Å². The molecule has 0 spiro atoms. The monoisotopic (exact) mass is 440 g/mol. The molecule has 2 aromatic rings. The highest BCUT2D eigenvalue weighted by atomic mass is 16.5. The number of hydrogen-bond acceptors (Lipinski definition) is 6. The minimum absolute atomic E-state index is 0.199. The number of methoxy groups -OCH3 is 2. The SMILES string of the molecule is COc1ccc(CN2CCN(CC(=O)NC(=O)Nc3cccc(C)c3C)CC2)cc1OC. The number of urea groups is 1. The van der Waals surface area contributed by atoms with Gasteiger partial charge in [0, 0.05) is 38.4 Å². The molecule has 172 valence electrons. The average Bonchev–Trinajstić information content (AvgIpc) is 2.78. The van der Waals surface area contributed by atoms with Crippen molar-refractivity contribution in [2.45, 2.75) is 20.4 Å². The highest BCUT2D eigenvalue weighted by Crippen LogP contribution is 2.28. The highest BCUT2D eigenvalue weighted by Gasteiger charge is 2.20. The molecule has 1 heterocycles. The summed E-state index contributed by atoms with van der Waals surface area (Å²) in [5.41, 5.74) is 3.93. The van der Waals surface area contributed by atoms with Crippen LogP contribution in [0.4, 0.5) is 10.5 Å². The summed E-state index contributed by atoms with van der Waals surface area (Å²) in [6.07, 6.45) is 0. The van der Waals surface area contributed by atoms with E-state index in [1.54, 1.807) is 14.2 Å². The molecular weight excluding hydrogens is 408 g/mol. The second-order valence-electron chi connectivity index (χ2n) is 7.99. The van der Waals surface area contributed by atoms with Gasteiger partial charge in [-0.3, -0.25) is 19.9 Å². The molecule has 2 aromatic carbocycles. The number of amides is 3. The zero-order valence-electron chi connectivity index (χ0n) is 19.2. The number of carbonyl (C=O) groups excluding carboxylic acids is 2. The first-order valence-electron chi connectivity index (χ1n) is 10.7. The fraction of sp³-hybridized carbons (Fsp3) is 0.417. The zero-order chi connectivity index (χ0) is 23.1. The molecule has 2 N–H and O–H groups in total. The van der Waals surface area contributed by atoms with Crippen LogP contribution in [0.5, 0.6) is 11.5 Å². The lowest BCUT2D eigenvalue weighted by atomic mass is 10.1. The first-order chi connectivity index (χ1) is 15.4. The van der Waals surface area contributed by atoms with Gasteiger partial charge in [-0.1, -0.05) is 18.2 Å². The minimum Gasteiger partial charge on any atom is -0.493 e. The molecule has 0 atom stereocenters. The minimum atomic E-state index is -0.504. The lowest BCUT2D eigenvalue weighted by Crippen LogP contribution is -2.50. The summed E-state index contributed by atoms with van der Waals surface area (Å²) in [6.45, 7) is 8.14. The molecule has 1 saturated heterocycles. The van der Waals surface area contributed by atoms with Gasteiger partial charge in [0.1, 0.15) is 0 Å². The molecule has 32 heavy (non-hydrogen) atoms. The quantitative estimate of drug-likeness (QED) is 0.689. The molecule has 3 rings (SSSR count). The summed E-state index contributed by atoms with van der Waals surface area (Å²) in [6, 6.07) is 11.1. The molecule has 0 radical (unpaired) electrons. The number of imide groups is 1. The molecule has 1 fully saturated rings. The summed E-state index contributed by atoms with van der Waals surface area (Å²) in [5, 5.41) is 5.18. The third-order valence-electron chi connectivity index (χ3n) is 5.79. The molecule has 0 aliphatic carbocycles. The lowest BCUT2D eigenvalue weighted by Gasteiger charge is -2.34. The Morgan fingerprint density at radius 2 is 1.62 bits per heavy atom. The Morgan fingerprint density at radius 1 is 0.938 bits per heavy atom. The van der Waals surface area contributed by atoms with Gasteiger partial charge in [-0.05, 0) is 48.7 Å². The van der Waals surface area contributed by atoms with Crippen molar-refractivity contribution >= 4 is 17.6 Å². The van der Waals surface area contributed by atoms with E-state index in [-0.39, 0.29) is 12.5 Å². The van der Waals surface area contributed by atoms with Crippen molar-refractivity contribution in [1.82, 2.24) is 15.1 Å². The lowest BCUT2D eigenvalue weighted by molar-refractivity contribution is -0.121. The van der Waals surface area contributed by atoms with E-state index in [1.807, 2.05) is 50.2 Å². The van der Waals surface area contributed by atoms with Gasteiger partial charge >= 0.3 is 6.03 Å². The Balaban J connectivity index is 1.43. The Kier molecular flexibility index (Phi) is 8.08. The van der Waals surface area contributed by atoms with Crippen LogP contribution in [-0.2, 0) is 11.3 Å². The van der Waals surface area contributed by atoms with Crippen molar-refractivity contribution in [2.24, 2.45) is 0 Å².